The number of benzene rings is 1. The predicted molar refractivity (Wildman–Crippen MR) is 59.8 cm³/mol. The molecule has 0 aliphatic heterocycles. The molecule has 0 aromatic heterocycles. The first-order valence-electron chi connectivity index (χ1n) is 3.28. The van der Waals surface area contributed by atoms with Crippen LogP contribution in [0.15, 0.2) is 16.6 Å². The summed E-state index contributed by atoms with van der Waals surface area (Å²) in [6, 6.07) is 3.67. The van der Waals surface area contributed by atoms with Crippen LogP contribution in [0.25, 0.3) is 0 Å². The fraction of sp³-hybridized carbons (Fsp3) is 0.125. The van der Waals surface area contributed by atoms with Crippen molar-refractivity contribution in [1.29, 1.82) is 0 Å². The zero-order valence-corrected chi connectivity index (χ0v) is 9.55. The molecule has 1 aromatic rings. The van der Waals surface area contributed by atoms with E-state index < -0.39 is 0 Å². The van der Waals surface area contributed by atoms with Crippen LogP contribution in [0.2, 0.25) is 5.02 Å². The highest BCUT2D eigenvalue weighted by atomic mass is 79.9. The van der Waals surface area contributed by atoms with Gasteiger partial charge < -0.3 is 5.73 Å². The van der Waals surface area contributed by atoms with Gasteiger partial charge in [-0.15, -0.1) is 0 Å². The number of rotatable bonds is 1. The summed E-state index contributed by atoms with van der Waals surface area (Å²) in [5.41, 5.74) is 7.29. The molecule has 0 spiro atoms. The number of hydrogen-bond acceptors (Lipinski definition) is 1. The molecule has 0 unspecified atom stereocenters. The number of halogens is 2. The van der Waals surface area contributed by atoms with Gasteiger partial charge in [-0.2, -0.15) is 0 Å². The average molecular weight is 265 g/mol. The Labute approximate surface area is 90.0 Å². The molecule has 1 aromatic carbocycles. The average Bonchev–Trinajstić information content (AvgIpc) is 1.96. The smallest absolute Gasteiger partial charge is 0.105 e. The number of nitrogens with two attached hydrogens (primary N) is 1. The van der Waals surface area contributed by atoms with E-state index in [-0.39, 0.29) is 0 Å². The number of aryl methyl sites for hydroxylation is 1. The fourth-order valence-corrected chi connectivity index (χ4v) is 2.00. The highest BCUT2D eigenvalue weighted by molar-refractivity contribution is 9.10. The second kappa shape index (κ2) is 3.73. The molecule has 1 rings (SSSR count). The third-order valence-electron chi connectivity index (χ3n) is 1.51. The lowest BCUT2D eigenvalue weighted by Crippen LogP contribution is -2.10. The molecule has 1 nitrogen and oxygen atoms in total. The van der Waals surface area contributed by atoms with Crippen molar-refractivity contribution in [3.63, 3.8) is 0 Å². The molecule has 0 radical (unpaired) electrons. The Morgan fingerprint density at radius 2 is 2.17 bits per heavy atom. The van der Waals surface area contributed by atoms with E-state index in [0.717, 1.165) is 15.6 Å². The molecule has 0 aliphatic rings. The molecule has 0 atom stereocenters. The van der Waals surface area contributed by atoms with Crippen molar-refractivity contribution in [3.8, 4) is 0 Å². The van der Waals surface area contributed by atoms with Gasteiger partial charge in [0.1, 0.15) is 4.99 Å². The maximum atomic E-state index is 5.88. The Kier molecular flexibility index (Phi) is 3.09. The monoisotopic (exact) mass is 263 g/mol. The molecule has 64 valence electrons. The maximum Gasteiger partial charge on any atom is 0.105 e. The Balaban J connectivity index is 3.33. The van der Waals surface area contributed by atoms with Crippen molar-refractivity contribution in [2.45, 2.75) is 6.92 Å². The van der Waals surface area contributed by atoms with Crippen LogP contribution < -0.4 is 5.73 Å². The van der Waals surface area contributed by atoms with Gasteiger partial charge in [0.2, 0.25) is 0 Å². The summed E-state index contributed by atoms with van der Waals surface area (Å²) in [5, 5.41) is 0.710. The highest BCUT2D eigenvalue weighted by Crippen LogP contribution is 2.24. The maximum absolute atomic E-state index is 5.88. The molecular formula is C8H7BrClNS. The Bertz CT molecular complexity index is 338. The van der Waals surface area contributed by atoms with Crippen LogP contribution in [0.3, 0.4) is 0 Å². The molecule has 2 N–H and O–H groups in total. The zero-order valence-electron chi connectivity index (χ0n) is 6.40. The summed E-state index contributed by atoms with van der Waals surface area (Å²) in [5.74, 6) is 0. The minimum atomic E-state index is 0.377. The molecule has 0 saturated carbocycles. The van der Waals surface area contributed by atoms with E-state index in [1.165, 1.54) is 0 Å². The first-order valence-corrected chi connectivity index (χ1v) is 4.85. The van der Waals surface area contributed by atoms with Gasteiger partial charge in [-0.1, -0.05) is 39.7 Å². The number of thiocarbonyl (C=S) groups is 1. The predicted octanol–water partition coefficient (Wildman–Crippen LogP) is 3.05. The first kappa shape index (κ1) is 9.96. The van der Waals surface area contributed by atoms with Crippen LogP contribution in [0.1, 0.15) is 11.1 Å². The minimum absolute atomic E-state index is 0.377. The van der Waals surface area contributed by atoms with Gasteiger partial charge in [0, 0.05) is 15.1 Å². The Morgan fingerprint density at radius 3 is 2.67 bits per heavy atom. The van der Waals surface area contributed by atoms with Gasteiger partial charge >= 0.3 is 0 Å². The van der Waals surface area contributed by atoms with Crippen LogP contribution in [0.5, 0.6) is 0 Å². The van der Waals surface area contributed by atoms with Crippen LogP contribution in [0.4, 0.5) is 0 Å². The van der Waals surface area contributed by atoms with E-state index >= 15 is 0 Å². The summed E-state index contributed by atoms with van der Waals surface area (Å²) in [6.07, 6.45) is 0. The SMILES string of the molecule is Cc1cc(C(N)=S)c(Br)cc1Cl. The van der Waals surface area contributed by atoms with Crippen molar-refractivity contribution < 1.29 is 0 Å². The standard InChI is InChI=1S/C8H7BrClNS/c1-4-2-5(8(11)12)6(9)3-7(4)10/h2-3H,1H3,(H2,11,12). The molecule has 0 saturated heterocycles. The van der Waals surface area contributed by atoms with Gasteiger partial charge in [-0.3, -0.25) is 0 Å². The lowest BCUT2D eigenvalue weighted by atomic mass is 10.1. The van der Waals surface area contributed by atoms with Crippen molar-refractivity contribution >= 4 is 44.7 Å². The lowest BCUT2D eigenvalue weighted by Gasteiger charge is -2.04. The van der Waals surface area contributed by atoms with Gasteiger partial charge in [0.05, 0.1) is 0 Å². The highest BCUT2D eigenvalue weighted by Gasteiger charge is 2.05. The van der Waals surface area contributed by atoms with Crippen molar-refractivity contribution in [2.24, 2.45) is 5.73 Å². The molecule has 0 heterocycles. The van der Waals surface area contributed by atoms with Crippen molar-refractivity contribution in [3.05, 3.63) is 32.8 Å². The van der Waals surface area contributed by atoms with Crippen molar-refractivity contribution in [2.75, 3.05) is 0 Å². The topological polar surface area (TPSA) is 26.0 Å². The zero-order chi connectivity index (χ0) is 9.30. The summed E-state index contributed by atoms with van der Waals surface area (Å²) in [6.45, 7) is 1.91. The normalized spacial score (nSPS) is 9.92. The van der Waals surface area contributed by atoms with E-state index in [4.69, 9.17) is 29.6 Å². The van der Waals surface area contributed by atoms with Gasteiger partial charge in [-0.05, 0) is 24.6 Å². The summed E-state index contributed by atoms with van der Waals surface area (Å²) in [7, 11) is 0. The third kappa shape index (κ3) is 1.97. The fourth-order valence-electron chi connectivity index (χ4n) is 0.846. The summed E-state index contributed by atoms with van der Waals surface area (Å²) >= 11 is 14.1. The summed E-state index contributed by atoms with van der Waals surface area (Å²) in [4.78, 5) is 0.377. The molecule has 0 bridgehead atoms. The van der Waals surface area contributed by atoms with Crippen LogP contribution in [0, 0.1) is 6.92 Å². The van der Waals surface area contributed by atoms with Gasteiger partial charge in [0.25, 0.3) is 0 Å². The van der Waals surface area contributed by atoms with Crippen LogP contribution in [-0.2, 0) is 0 Å². The number of hydrogen-bond donors (Lipinski definition) is 1. The molecule has 12 heavy (non-hydrogen) atoms. The minimum Gasteiger partial charge on any atom is -0.389 e. The second-order valence-corrected chi connectivity index (χ2v) is 4.15. The van der Waals surface area contributed by atoms with Gasteiger partial charge in [-0.25, -0.2) is 0 Å². The largest absolute Gasteiger partial charge is 0.389 e. The van der Waals surface area contributed by atoms with Crippen molar-refractivity contribution in [1.82, 2.24) is 0 Å². The molecule has 0 amide bonds. The second-order valence-electron chi connectivity index (χ2n) is 2.45. The molecule has 0 fully saturated rings. The third-order valence-corrected chi connectivity index (χ3v) is 2.80. The van der Waals surface area contributed by atoms with E-state index in [1.807, 2.05) is 13.0 Å². The first-order chi connectivity index (χ1) is 5.52. The van der Waals surface area contributed by atoms with E-state index in [1.54, 1.807) is 6.07 Å². The van der Waals surface area contributed by atoms with E-state index in [0.29, 0.717) is 10.0 Å². The van der Waals surface area contributed by atoms with Crippen LogP contribution in [-0.4, -0.2) is 4.99 Å². The molecule has 4 heteroatoms. The molecule has 0 aliphatic carbocycles. The van der Waals surface area contributed by atoms with E-state index in [9.17, 15) is 0 Å². The Hall–Kier alpha value is -0.120. The van der Waals surface area contributed by atoms with Crippen LogP contribution >= 0.6 is 39.7 Å². The quantitative estimate of drug-likeness (QED) is 0.789. The Morgan fingerprint density at radius 1 is 1.58 bits per heavy atom. The van der Waals surface area contributed by atoms with Gasteiger partial charge in [0.15, 0.2) is 0 Å². The summed E-state index contributed by atoms with van der Waals surface area (Å²) < 4.78 is 0.839. The molecular weight excluding hydrogens is 258 g/mol. The lowest BCUT2D eigenvalue weighted by molar-refractivity contribution is 1.43. The van der Waals surface area contributed by atoms with E-state index in [2.05, 4.69) is 15.9 Å².